The number of carbonyl (C=O) groups is 1. The first-order valence-corrected chi connectivity index (χ1v) is 6.32. The Bertz CT molecular complexity index is 607. The third-order valence-electron chi connectivity index (χ3n) is 2.89. The number of aryl methyl sites for hydroxylation is 2. The molecule has 0 fully saturated rings. The van der Waals surface area contributed by atoms with Gasteiger partial charge in [-0.1, -0.05) is 6.92 Å². The fourth-order valence-corrected chi connectivity index (χ4v) is 1.86. The molecule has 0 saturated heterocycles. The number of amides is 1. The summed E-state index contributed by atoms with van der Waals surface area (Å²) in [7, 11) is 0. The topological polar surface area (TPSA) is 90.4 Å². The van der Waals surface area contributed by atoms with Gasteiger partial charge in [-0.15, -0.1) is 0 Å². The van der Waals surface area contributed by atoms with Gasteiger partial charge in [0.1, 0.15) is 12.4 Å². The van der Waals surface area contributed by atoms with Crippen molar-refractivity contribution in [2.75, 3.05) is 0 Å². The molecule has 0 spiro atoms. The maximum Gasteiger partial charge on any atom is 0.268 e. The molecule has 6 heteroatoms. The van der Waals surface area contributed by atoms with Gasteiger partial charge in [0.15, 0.2) is 5.76 Å². The lowest BCUT2D eigenvalue weighted by atomic mass is 10.2. The van der Waals surface area contributed by atoms with Gasteiger partial charge in [-0.25, -0.2) is 5.84 Å². The number of nitrogens with two attached hydrogens (primary N) is 1. The van der Waals surface area contributed by atoms with Crippen LogP contribution in [0.4, 0.5) is 0 Å². The highest BCUT2D eigenvalue weighted by Gasteiger charge is 2.14. The van der Waals surface area contributed by atoms with Gasteiger partial charge >= 0.3 is 0 Å². The Hall–Kier alpha value is -2.34. The van der Waals surface area contributed by atoms with E-state index in [2.05, 4.69) is 10.4 Å². The Labute approximate surface area is 116 Å². The summed E-state index contributed by atoms with van der Waals surface area (Å²) in [6, 6.07) is 5.30. The molecule has 0 unspecified atom stereocenters. The van der Waals surface area contributed by atoms with E-state index in [0.29, 0.717) is 17.1 Å². The minimum absolute atomic E-state index is 0.146. The van der Waals surface area contributed by atoms with E-state index in [1.807, 2.05) is 26.0 Å². The molecule has 0 radical (unpaired) electrons. The first-order chi connectivity index (χ1) is 9.65. The number of hydrogen-bond acceptors (Lipinski definition) is 5. The summed E-state index contributed by atoms with van der Waals surface area (Å²) in [5.74, 6) is 5.82. The summed E-state index contributed by atoms with van der Waals surface area (Å²) in [4.78, 5) is 15.9. The summed E-state index contributed by atoms with van der Waals surface area (Å²) in [5, 5.41) is 0. The van der Waals surface area contributed by atoms with Gasteiger partial charge in [-0.2, -0.15) is 0 Å². The third-order valence-corrected chi connectivity index (χ3v) is 2.89. The quantitative estimate of drug-likeness (QED) is 0.492. The molecule has 106 valence electrons. The van der Waals surface area contributed by atoms with Crippen LogP contribution in [0.15, 0.2) is 28.9 Å². The Balaban J connectivity index is 2.13. The van der Waals surface area contributed by atoms with Crippen LogP contribution >= 0.6 is 0 Å². The van der Waals surface area contributed by atoms with Crippen LogP contribution in [0.3, 0.4) is 0 Å². The normalized spacial score (nSPS) is 10.3. The first-order valence-electron chi connectivity index (χ1n) is 6.32. The number of aromatic nitrogens is 1. The summed E-state index contributed by atoms with van der Waals surface area (Å²) < 4.78 is 10.9. The van der Waals surface area contributed by atoms with Crippen molar-refractivity contribution < 1.29 is 13.9 Å². The first kappa shape index (κ1) is 14.1. The highest BCUT2D eigenvalue weighted by atomic mass is 16.5. The van der Waals surface area contributed by atoms with Crippen LogP contribution in [0.1, 0.15) is 34.4 Å². The maximum atomic E-state index is 11.5. The molecule has 0 bridgehead atoms. The number of rotatable bonds is 5. The Kier molecular flexibility index (Phi) is 4.37. The molecule has 1 amide bonds. The van der Waals surface area contributed by atoms with Gasteiger partial charge in [-0.3, -0.25) is 15.2 Å². The minimum Gasteiger partial charge on any atom is -0.484 e. The molecule has 0 atom stereocenters. The molecule has 2 aromatic heterocycles. The molecular weight excluding hydrogens is 258 g/mol. The number of hydrogen-bond donors (Lipinski definition) is 2. The average Bonchev–Trinajstić information content (AvgIpc) is 2.93. The summed E-state index contributed by atoms with van der Waals surface area (Å²) in [6.45, 7) is 4.08. The van der Waals surface area contributed by atoms with Crippen molar-refractivity contribution in [1.82, 2.24) is 10.4 Å². The van der Waals surface area contributed by atoms with Gasteiger partial charge in [0.2, 0.25) is 0 Å². The molecule has 6 nitrogen and oxygen atoms in total. The summed E-state index contributed by atoms with van der Waals surface area (Å²) in [5.41, 5.74) is 4.25. The van der Waals surface area contributed by atoms with Gasteiger partial charge in [0.05, 0.1) is 17.5 Å². The number of hydrazine groups is 1. The zero-order valence-electron chi connectivity index (χ0n) is 11.5. The second kappa shape index (κ2) is 6.21. The predicted octanol–water partition coefficient (Wildman–Crippen LogP) is 1.73. The SMILES string of the molecule is CCc1nc(C)ccc1OCc1occc1C(=O)NN. The molecule has 3 N–H and O–H groups in total. The standard InChI is InChI=1S/C14H17N3O3/c1-3-11-12(5-4-9(2)16-11)20-8-13-10(6-7-19-13)14(18)17-15/h4-7H,3,8,15H2,1-2H3,(H,17,18). The van der Waals surface area contributed by atoms with Crippen LogP contribution in [0, 0.1) is 6.92 Å². The van der Waals surface area contributed by atoms with Crippen molar-refractivity contribution in [3.05, 3.63) is 47.2 Å². The summed E-state index contributed by atoms with van der Waals surface area (Å²) in [6.07, 6.45) is 2.20. The summed E-state index contributed by atoms with van der Waals surface area (Å²) >= 11 is 0. The molecule has 0 aliphatic carbocycles. The van der Waals surface area contributed by atoms with Gasteiger partial charge in [0.25, 0.3) is 5.91 Å². The van der Waals surface area contributed by atoms with E-state index in [4.69, 9.17) is 15.0 Å². The second-order valence-electron chi connectivity index (χ2n) is 4.27. The zero-order valence-corrected chi connectivity index (χ0v) is 11.5. The highest BCUT2D eigenvalue weighted by molar-refractivity contribution is 5.94. The number of carbonyl (C=O) groups excluding carboxylic acids is 1. The van der Waals surface area contributed by atoms with E-state index in [9.17, 15) is 4.79 Å². The van der Waals surface area contributed by atoms with E-state index in [1.165, 1.54) is 6.26 Å². The van der Waals surface area contributed by atoms with E-state index in [1.54, 1.807) is 6.07 Å². The zero-order chi connectivity index (χ0) is 14.5. The molecular formula is C14H17N3O3. The van der Waals surface area contributed by atoms with Gasteiger partial charge in [-0.05, 0) is 31.5 Å². The molecule has 2 heterocycles. The predicted molar refractivity (Wildman–Crippen MR) is 73.0 cm³/mol. The van der Waals surface area contributed by atoms with Crippen molar-refractivity contribution in [2.45, 2.75) is 26.9 Å². The van der Waals surface area contributed by atoms with Crippen LogP contribution < -0.4 is 16.0 Å². The molecule has 2 rings (SSSR count). The van der Waals surface area contributed by atoms with Crippen LogP contribution in [-0.4, -0.2) is 10.9 Å². The number of pyridine rings is 1. The molecule has 20 heavy (non-hydrogen) atoms. The van der Waals surface area contributed by atoms with Crippen LogP contribution in [-0.2, 0) is 13.0 Å². The second-order valence-corrected chi connectivity index (χ2v) is 4.27. The number of ether oxygens (including phenoxy) is 1. The number of furan rings is 1. The van der Waals surface area contributed by atoms with Crippen LogP contribution in [0.5, 0.6) is 5.75 Å². The number of nitrogens with zero attached hydrogens (tertiary/aromatic N) is 1. The third kappa shape index (κ3) is 2.97. The molecule has 0 aliphatic heterocycles. The highest BCUT2D eigenvalue weighted by Crippen LogP contribution is 2.20. The average molecular weight is 275 g/mol. The lowest BCUT2D eigenvalue weighted by molar-refractivity contribution is 0.0949. The van der Waals surface area contributed by atoms with Gasteiger partial charge < -0.3 is 9.15 Å². The van der Waals surface area contributed by atoms with Crippen molar-refractivity contribution in [1.29, 1.82) is 0 Å². The number of nitrogen functional groups attached to an aromatic ring is 1. The van der Waals surface area contributed by atoms with Crippen molar-refractivity contribution in [3.63, 3.8) is 0 Å². The number of nitrogens with one attached hydrogen (secondary N) is 1. The molecule has 0 aromatic carbocycles. The van der Waals surface area contributed by atoms with Crippen LogP contribution in [0.2, 0.25) is 0 Å². The smallest absolute Gasteiger partial charge is 0.268 e. The van der Waals surface area contributed by atoms with Crippen LogP contribution in [0.25, 0.3) is 0 Å². The van der Waals surface area contributed by atoms with Crippen molar-refractivity contribution >= 4 is 5.91 Å². The lowest BCUT2D eigenvalue weighted by Gasteiger charge is -2.10. The molecule has 2 aromatic rings. The molecule has 0 aliphatic rings. The van der Waals surface area contributed by atoms with E-state index < -0.39 is 5.91 Å². The van der Waals surface area contributed by atoms with E-state index in [-0.39, 0.29) is 6.61 Å². The largest absolute Gasteiger partial charge is 0.484 e. The fourth-order valence-electron chi connectivity index (χ4n) is 1.86. The lowest BCUT2D eigenvalue weighted by Crippen LogP contribution is -2.30. The Morgan fingerprint density at radius 3 is 2.95 bits per heavy atom. The van der Waals surface area contributed by atoms with Crippen molar-refractivity contribution in [2.24, 2.45) is 5.84 Å². The Morgan fingerprint density at radius 1 is 1.45 bits per heavy atom. The van der Waals surface area contributed by atoms with E-state index in [0.717, 1.165) is 17.8 Å². The van der Waals surface area contributed by atoms with Gasteiger partial charge in [0, 0.05) is 5.69 Å². The molecule has 0 saturated carbocycles. The monoisotopic (exact) mass is 275 g/mol. The minimum atomic E-state index is -0.407. The maximum absolute atomic E-state index is 11.5. The Morgan fingerprint density at radius 2 is 2.25 bits per heavy atom. The van der Waals surface area contributed by atoms with E-state index >= 15 is 0 Å². The fraction of sp³-hybridized carbons (Fsp3) is 0.286. The van der Waals surface area contributed by atoms with Crippen molar-refractivity contribution in [3.8, 4) is 5.75 Å².